The highest BCUT2D eigenvalue weighted by molar-refractivity contribution is 5.84. The number of hydrogen-bond donors (Lipinski definition) is 0. The van der Waals surface area contributed by atoms with E-state index in [0.29, 0.717) is 0 Å². The van der Waals surface area contributed by atoms with Crippen molar-refractivity contribution in [3.8, 4) is 16.9 Å². The van der Waals surface area contributed by atoms with Crippen molar-refractivity contribution in [2.24, 2.45) is 0 Å². The molecule has 1 aromatic carbocycles. The predicted octanol–water partition coefficient (Wildman–Crippen LogP) is 4.05. The van der Waals surface area contributed by atoms with E-state index in [2.05, 4.69) is 34.1 Å². The van der Waals surface area contributed by atoms with Crippen molar-refractivity contribution in [2.45, 2.75) is 20.8 Å². The Hall–Kier alpha value is -3.61. The minimum Gasteiger partial charge on any atom is -0.496 e. The summed E-state index contributed by atoms with van der Waals surface area (Å²) in [5, 5.41) is 4.90. The fraction of sp³-hybridized carbons (Fsp3) is 0.320. The van der Waals surface area contributed by atoms with Crippen molar-refractivity contribution in [2.75, 3.05) is 43.1 Å². The summed E-state index contributed by atoms with van der Waals surface area (Å²) >= 11 is 0. The molecule has 4 heterocycles. The SMILES string of the molecule is COc1ccccc1-c1c(C)nn2c(N3CCN(c4cccc(C)n4)CC3)cc(C)nc12. The van der Waals surface area contributed by atoms with Crippen molar-refractivity contribution in [1.82, 2.24) is 19.6 Å². The molecule has 1 aliphatic rings. The van der Waals surface area contributed by atoms with Gasteiger partial charge in [-0.3, -0.25) is 0 Å². The van der Waals surface area contributed by atoms with Crippen LogP contribution in [0.15, 0.2) is 48.5 Å². The van der Waals surface area contributed by atoms with Crippen molar-refractivity contribution >= 4 is 17.3 Å². The van der Waals surface area contributed by atoms with E-state index in [1.165, 1.54) is 0 Å². The quantitative estimate of drug-likeness (QED) is 0.489. The van der Waals surface area contributed by atoms with Gasteiger partial charge in [0.05, 0.1) is 18.4 Å². The van der Waals surface area contributed by atoms with E-state index in [1.54, 1.807) is 7.11 Å². The summed E-state index contributed by atoms with van der Waals surface area (Å²) in [5.41, 5.74) is 5.87. The van der Waals surface area contributed by atoms with Gasteiger partial charge in [-0.2, -0.15) is 9.61 Å². The molecule has 32 heavy (non-hydrogen) atoms. The zero-order valence-corrected chi connectivity index (χ0v) is 19.0. The van der Waals surface area contributed by atoms with E-state index >= 15 is 0 Å². The number of anilines is 2. The summed E-state index contributed by atoms with van der Waals surface area (Å²) in [4.78, 5) is 14.3. The number of nitrogens with zero attached hydrogens (tertiary/aromatic N) is 6. The first-order valence-electron chi connectivity index (χ1n) is 11.0. The normalized spacial score (nSPS) is 14.2. The van der Waals surface area contributed by atoms with E-state index < -0.39 is 0 Å². The molecule has 7 nitrogen and oxygen atoms in total. The van der Waals surface area contributed by atoms with Crippen molar-refractivity contribution in [1.29, 1.82) is 0 Å². The van der Waals surface area contributed by atoms with Crippen LogP contribution in [0.5, 0.6) is 5.75 Å². The Morgan fingerprint density at radius 2 is 1.56 bits per heavy atom. The van der Waals surface area contributed by atoms with E-state index in [9.17, 15) is 0 Å². The number of benzene rings is 1. The van der Waals surface area contributed by atoms with Gasteiger partial charge in [-0.1, -0.05) is 24.3 Å². The third-order valence-corrected chi connectivity index (χ3v) is 6.05. The van der Waals surface area contributed by atoms with Gasteiger partial charge in [0, 0.05) is 49.2 Å². The van der Waals surface area contributed by atoms with E-state index in [0.717, 1.165) is 77.4 Å². The summed E-state index contributed by atoms with van der Waals surface area (Å²) in [7, 11) is 1.70. The lowest BCUT2D eigenvalue weighted by Crippen LogP contribution is -2.47. The Morgan fingerprint density at radius 1 is 0.812 bits per heavy atom. The third kappa shape index (κ3) is 3.53. The second-order valence-corrected chi connectivity index (χ2v) is 8.26. The zero-order valence-electron chi connectivity index (χ0n) is 19.0. The van der Waals surface area contributed by atoms with Gasteiger partial charge >= 0.3 is 0 Å². The summed E-state index contributed by atoms with van der Waals surface area (Å²) in [6.45, 7) is 9.75. The Labute approximate surface area is 188 Å². The van der Waals surface area contributed by atoms with Gasteiger partial charge in [-0.15, -0.1) is 0 Å². The average molecular weight is 429 g/mol. The van der Waals surface area contributed by atoms with Crippen LogP contribution in [0.3, 0.4) is 0 Å². The highest BCUT2D eigenvalue weighted by atomic mass is 16.5. The van der Waals surface area contributed by atoms with Gasteiger partial charge in [0.25, 0.3) is 0 Å². The van der Waals surface area contributed by atoms with Crippen LogP contribution in [0.1, 0.15) is 17.1 Å². The van der Waals surface area contributed by atoms with E-state index in [1.807, 2.05) is 49.6 Å². The van der Waals surface area contributed by atoms with Crippen LogP contribution in [0.25, 0.3) is 16.8 Å². The molecule has 0 amide bonds. The summed E-state index contributed by atoms with van der Waals surface area (Å²) < 4.78 is 7.62. The van der Waals surface area contributed by atoms with E-state index in [-0.39, 0.29) is 0 Å². The lowest BCUT2D eigenvalue weighted by molar-refractivity contribution is 0.416. The van der Waals surface area contributed by atoms with Crippen LogP contribution in [-0.4, -0.2) is 52.9 Å². The fourth-order valence-corrected chi connectivity index (χ4v) is 4.49. The van der Waals surface area contributed by atoms with Crippen LogP contribution in [0, 0.1) is 20.8 Å². The van der Waals surface area contributed by atoms with Crippen molar-refractivity contribution in [3.63, 3.8) is 0 Å². The molecule has 0 saturated carbocycles. The molecule has 0 radical (unpaired) electrons. The monoisotopic (exact) mass is 428 g/mol. The lowest BCUT2D eigenvalue weighted by Gasteiger charge is -2.36. The average Bonchev–Trinajstić information content (AvgIpc) is 3.14. The van der Waals surface area contributed by atoms with E-state index in [4.69, 9.17) is 19.8 Å². The molecule has 1 aliphatic heterocycles. The molecular formula is C25H28N6O. The molecule has 164 valence electrons. The molecule has 1 saturated heterocycles. The second kappa shape index (κ2) is 8.15. The summed E-state index contributed by atoms with van der Waals surface area (Å²) in [6, 6.07) is 16.4. The van der Waals surface area contributed by atoms with Crippen LogP contribution in [-0.2, 0) is 0 Å². The Kier molecular flexibility index (Phi) is 5.17. The van der Waals surface area contributed by atoms with Crippen molar-refractivity contribution in [3.05, 3.63) is 65.6 Å². The molecule has 4 aromatic rings. The number of rotatable bonds is 4. The molecule has 0 aliphatic carbocycles. The van der Waals surface area contributed by atoms with Crippen LogP contribution < -0.4 is 14.5 Å². The Bertz CT molecular complexity index is 1270. The second-order valence-electron chi connectivity index (χ2n) is 8.26. The molecule has 0 bridgehead atoms. The number of aryl methyl sites for hydroxylation is 3. The molecule has 1 fully saturated rings. The summed E-state index contributed by atoms with van der Waals surface area (Å²) in [5.74, 6) is 2.96. The first-order chi connectivity index (χ1) is 15.5. The molecule has 0 atom stereocenters. The van der Waals surface area contributed by atoms with Crippen LogP contribution >= 0.6 is 0 Å². The lowest BCUT2D eigenvalue weighted by atomic mass is 10.1. The molecular weight excluding hydrogens is 400 g/mol. The van der Waals surface area contributed by atoms with Crippen LogP contribution in [0.2, 0.25) is 0 Å². The largest absolute Gasteiger partial charge is 0.496 e. The van der Waals surface area contributed by atoms with Crippen LogP contribution in [0.4, 0.5) is 11.6 Å². The maximum Gasteiger partial charge on any atom is 0.165 e. The number of ether oxygens (including phenoxy) is 1. The van der Waals surface area contributed by atoms with Gasteiger partial charge < -0.3 is 14.5 Å². The van der Waals surface area contributed by atoms with Gasteiger partial charge in [-0.05, 0) is 39.0 Å². The number of methoxy groups -OCH3 is 1. The molecule has 0 unspecified atom stereocenters. The highest BCUT2D eigenvalue weighted by Gasteiger charge is 2.24. The molecule has 0 spiro atoms. The standard InChI is InChI=1S/C25H28N6O/c1-17-8-7-11-22(26-17)29-12-14-30(15-13-29)23-16-18(2)27-25-24(19(3)28-31(23)25)20-9-5-6-10-21(20)32-4/h5-11,16H,12-15H2,1-4H3. The maximum atomic E-state index is 5.63. The topological polar surface area (TPSA) is 58.8 Å². The summed E-state index contributed by atoms with van der Waals surface area (Å²) in [6.07, 6.45) is 0. The fourth-order valence-electron chi connectivity index (χ4n) is 4.49. The molecule has 0 N–H and O–H groups in total. The number of para-hydroxylation sites is 1. The zero-order chi connectivity index (χ0) is 22.2. The molecule has 3 aromatic heterocycles. The minimum absolute atomic E-state index is 0.828. The number of pyridine rings is 1. The Morgan fingerprint density at radius 3 is 2.31 bits per heavy atom. The smallest absolute Gasteiger partial charge is 0.165 e. The first kappa shape index (κ1) is 20.3. The molecule has 5 rings (SSSR count). The number of hydrogen-bond acceptors (Lipinski definition) is 6. The van der Waals surface area contributed by atoms with Gasteiger partial charge in [0.2, 0.25) is 0 Å². The molecule has 7 heteroatoms. The third-order valence-electron chi connectivity index (χ3n) is 6.05. The van der Waals surface area contributed by atoms with Gasteiger partial charge in [0.15, 0.2) is 5.65 Å². The number of piperazine rings is 1. The Balaban J connectivity index is 1.51. The predicted molar refractivity (Wildman–Crippen MR) is 128 cm³/mol. The number of fused-ring (bicyclic) bond motifs is 1. The maximum absolute atomic E-state index is 5.63. The number of aromatic nitrogens is 4. The first-order valence-corrected chi connectivity index (χ1v) is 11.0. The van der Waals surface area contributed by atoms with Gasteiger partial charge in [0.1, 0.15) is 17.4 Å². The van der Waals surface area contributed by atoms with Gasteiger partial charge in [-0.25, -0.2) is 9.97 Å². The minimum atomic E-state index is 0.828. The highest BCUT2D eigenvalue weighted by Crippen LogP contribution is 2.36. The van der Waals surface area contributed by atoms with Crippen molar-refractivity contribution < 1.29 is 4.74 Å².